The summed E-state index contributed by atoms with van der Waals surface area (Å²) >= 11 is 9.49. The first-order valence-corrected chi connectivity index (χ1v) is 7.22. The van der Waals surface area contributed by atoms with E-state index in [9.17, 15) is 0 Å². The number of aryl methyl sites for hydroxylation is 1. The van der Waals surface area contributed by atoms with Crippen molar-refractivity contribution in [2.24, 2.45) is 0 Å². The zero-order valence-electron chi connectivity index (χ0n) is 11.0. The topological polar surface area (TPSA) is 68.5 Å². The number of anilines is 2. The molecule has 2 aromatic heterocycles. The molecule has 0 saturated carbocycles. The van der Waals surface area contributed by atoms with Gasteiger partial charge in [0.1, 0.15) is 6.33 Å². The smallest absolute Gasteiger partial charge is 0.241 e. The molecule has 0 aliphatic carbocycles. The fourth-order valence-electron chi connectivity index (χ4n) is 1.75. The normalized spacial score (nSPS) is 10.6. The van der Waals surface area contributed by atoms with Crippen molar-refractivity contribution in [2.75, 3.05) is 5.32 Å². The van der Waals surface area contributed by atoms with Gasteiger partial charge in [-0.2, -0.15) is 15.0 Å². The molecule has 0 amide bonds. The van der Waals surface area contributed by atoms with Crippen molar-refractivity contribution in [2.45, 2.75) is 6.92 Å². The van der Waals surface area contributed by atoms with Gasteiger partial charge < -0.3 is 5.32 Å². The Hall–Kier alpha value is -1.99. The van der Waals surface area contributed by atoms with Crippen LogP contribution >= 0.6 is 27.5 Å². The average Bonchev–Trinajstić information content (AvgIpc) is 2.97. The van der Waals surface area contributed by atoms with E-state index in [1.54, 1.807) is 23.3 Å². The number of hydrogen-bond donors (Lipinski definition) is 1. The summed E-state index contributed by atoms with van der Waals surface area (Å²) in [6.07, 6.45) is 4.97. The van der Waals surface area contributed by atoms with Crippen LogP contribution in [0.25, 0.3) is 5.95 Å². The zero-order valence-corrected chi connectivity index (χ0v) is 13.3. The maximum atomic E-state index is 5.96. The number of hydrogen-bond acceptors (Lipinski definition) is 5. The van der Waals surface area contributed by atoms with E-state index in [1.165, 1.54) is 0 Å². The van der Waals surface area contributed by atoms with Crippen LogP contribution in [0.15, 0.2) is 41.4 Å². The molecule has 0 spiro atoms. The summed E-state index contributed by atoms with van der Waals surface area (Å²) in [5, 5.41) is 3.24. The second-order valence-corrected chi connectivity index (χ2v) is 5.39. The van der Waals surface area contributed by atoms with E-state index in [2.05, 4.69) is 41.2 Å². The molecule has 1 N–H and O–H groups in total. The number of nitrogens with zero attached hydrogens (tertiary/aromatic N) is 5. The molecular weight excluding hydrogens is 356 g/mol. The van der Waals surface area contributed by atoms with Crippen molar-refractivity contribution < 1.29 is 0 Å². The summed E-state index contributed by atoms with van der Waals surface area (Å²) in [6, 6.07) is 5.88. The molecule has 6 nitrogen and oxygen atoms in total. The number of benzene rings is 1. The van der Waals surface area contributed by atoms with E-state index < -0.39 is 0 Å². The molecule has 0 atom stereocenters. The highest BCUT2D eigenvalue weighted by Crippen LogP contribution is 2.27. The minimum Gasteiger partial charge on any atom is -0.323 e. The third-order valence-electron chi connectivity index (χ3n) is 2.77. The molecule has 2 heterocycles. The number of imidazole rings is 1. The standard InChI is InChI=1S/C13H10BrClN6/c1-8-3-2-4-9(10(8)14)17-12-18-11(15)19-13(20-12)21-6-5-16-7-21/h2-7H,1H3,(H,17,18,19,20). The van der Waals surface area contributed by atoms with Crippen molar-refractivity contribution >= 4 is 39.2 Å². The van der Waals surface area contributed by atoms with Crippen molar-refractivity contribution in [3.05, 3.63) is 52.2 Å². The lowest BCUT2D eigenvalue weighted by atomic mass is 10.2. The quantitative estimate of drug-likeness (QED) is 0.769. The second kappa shape index (κ2) is 5.79. The minimum atomic E-state index is 0.111. The van der Waals surface area contributed by atoms with Crippen molar-refractivity contribution in [1.82, 2.24) is 24.5 Å². The van der Waals surface area contributed by atoms with Gasteiger partial charge in [-0.1, -0.05) is 12.1 Å². The van der Waals surface area contributed by atoms with Gasteiger partial charge in [0, 0.05) is 16.9 Å². The van der Waals surface area contributed by atoms with Crippen molar-refractivity contribution in [3.8, 4) is 5.95 Å². The van der Waals surface area contributed by atoms with Gasteiger partial charge in [0.05, 0.1) is 5.69 Å². The molecule has 8 heteroatoms. The third kappa shape index (κ3) is 3.03. The summed E-state index contributed by atoms with van der Waals surface area (Å²) in [7, 11) is 0. The Labute approximate surface area is 134 Å². The fraction of sp³-hybridized carbons (Fsp3) is 0.0769. The van der Waals surface area contributed by atoms with E-state index >= 15 is 0 Å². The van der Waals surface area contributed by atoms with Crippen LogP contribution in [0.1, 0.15) is 5.56 Å². The summed E-state index contributed by atoms with van der Waals surface area (Å²) in [4.78, 5) is 16.4. The van der Waals surface area contributed by atoms with Crippen LogP contribution in [0.5, 0.6) is 0 Å². The number of rotatable bonds is 3. The molecule has 0 fully saturated rings. The molecular formula is C13H10BrClN6. The predicted molar refractivity (Wildman–Crippen MR) is 84.1 cm³/mol. The molecule has 0 bridgehead atoms. The van der Waals surface area contributed by atoms with E-state index in [0.717, 1.165) is 15.7 Å². The Morgan fingerprint density at radius 3 is 2.86 bits per heavy atom. The lowest BCUT2D eigenvalue weighted by molar-refractivity contribution is 0.899. The molecule has 0 unspecified atom stereocenters. The van der Waals surface area contributed by atoms with Crippen LogP contribution in [0, 0.1) is 6.92 Å². The summed E-state index contributed by atoms with van der Waals surface area (Å²) in [5.41, 5.74) is 1.96. The van der Waals surface area contributed by atoms with E-state index in [1.807, 2.05) is 25.1 Å². The molecule has 0 radical (unpaired) electrons. The second-order valence-electron chi connectivity index (χ2n) is 4.26. The fourth-order valence-corrected chi connectivity index (χ4v) is 2.27. The van der Waals surface area contributed by atoms with Gasteiger partial charge in [-0.3, -0.25) is 4.57 Å². The van der Waals surface area contributed by atoms with E-state index in [-0.39, 0.29) is 5.28 Å². The van der Waals surface area contributed by atoms with Crippen molar-refractivity contribution in [3.63, 3.8) is 0 Å². The lowest BCUT2D eigenvalue weighted by Gasteiger charge is -2.10. The van der Waals surface area contributed by atoms with Gasteiger partial charge in [0.2, 0.25) is 17.2 Å². The SMILES string of the molecule is Cc1cccc(Nc2nc(Cl)nc(-n3ccnc3)n2)c1Br. The van der Waals surface area contributed by atoms with Crippen LogP contribution < -0.4 is 5.32 Å². The van der Waals surface area contributed by atoms with Crippen molar-refractivity contribution in [1.29, 1.82) is 0 Å². The molecule has 3 rings (SSSR count). The molecule has 0 aliphatic rings. The average molecular weight is 366 g/mol. The maximum absolute atomic E-state index is 5.96. The van der Waals surface area contributed by atoms with Crippen LogP contribution in [0.4, 0.5) is 11.6 Å². The van der Waals surface area contributed by atoms with E-state index in [0.29, 0.717) is 11.9 Å². The largest absolute Gasteiger partial charge is 0.323 e. The predicted octanol–water partition coefficient (Wildman–Crippen LogP) is 3.53. The Morgan fingerprint density at radius 1 is 1.24 bits per heavy atom. The molecule has 0 saturated heterocycles. The molecule has 0 aliphatic heterocycles. The third-order valence-corrected chi connectivity index (χ3v) is 3.99. The monoisotopic (exact) mass is 364 g/mol. The lowest BCUT2D eigenvalue weighted by Crippen LogP contribution is -2.05. The highest BCUT2D eigenvalue weighted by atomic mass is 79.9. The maximum Gasteiger partial charge on any atom is 0.241 e. The van der Waals surface area contributed by atoms with Gasteiger partial charge >= 0.3 is 0 Å². The number of aromatic nitrogens is 5. The molecule has 21 heavy (non-hydrogen) atoms. The summed E-state index contributed by atoms with van der Waals surface area (Å²) in [5.74, 6) is 0.767. The highest BCUT2D eigenvalue weighted by molar-refractivity contribution is 9.10. The number of nitrogens with one attached hydrogen (secondary N) is 1. The van der Waals surface area contributed by atoms with Crippen LogP contribution in [-0.2, 0) is 0 Å². The highest BCUT2D eigenvalue weighted by Gasteiger charge is 2.09. The zero-order chi connectivity index (χ0) is 14.8. The first-order chi connectivity index (χ1) is 10.1. The first-order valence-electron chi connectivity index (χ1n) is 6.05. The van der Waals surface area contributed by atoms with Crippen LogP contribution in [0.2, 0.25) is 5.28 Å². The Morgan fingerprint density at radius 2 is 2.10 bits per heavy atom. The van der Waals surface area contributed by atoms with E-state index in [4.69, 9.17) is 11.6 Å². The molecule has 1 aromatic carbocycles. The molecule has 106 valence electrons. The van der Waals surface area contributed by atoms with Gasteiger partial charge in [0.15, 0.2) is 0 Å². The van der Waals surface area contributed by atoms with Gasteiger partial charge in [-0.05, 0) is 46.1 Å². The summed E-state index contributed by atoms with van der Waals surface area (Å²) in [6.45, 7) is 2.01. The van der Waals surface area contributed by atoms with Crippen LogP contribution in [0.3, 0.4) is 0 Å². The Kier molecular flexibility index (Phi) is 3.85. The first kappa shape index (κ1) is 14.0. The van der Waals surface area contributed by atoms with Gasteiger partial charge in [0.25, 0.3) is 0 Å². The van der Waals surface area contributed by atoms with Gasteiger partial charge in [-0.25, -0.2) is 4.98 Å². The Balaban J connectivity index is 1.98. The number of halogens is 2. The Bertz CT molecular complexity index is 774. The van der Waals surface area contributed by atoms with Crippen LogP contribution in [-0.4, -0.2) is 24.5 Å². The summed E-state index contributed by atoms with van der Waals surface area (Å²) < 4.78 is 2.61. The molecule has 3 aromatic rings. The minimum absolute atomic E-state index is 0.111. The van der Waals surface area contributed by atoms with Gasteiger partial charge in [-0.15, -0.1) is 0 Å².